The van der Waals surface area contributed by atoms with Crippen molar-refractivity contribution in [3.8, 4) is 11.5 Å². The molecule has 2 fully saturated rings. The number of hydrogen-bond donors (Lipinski definition) is 6. The molecule has 0 spiro atoms. The van der Waals surface area contributed by atoms with Crippen molar-refractivity contribution in [2.24, 2.45) is 5.16 Å². The lowest BCUT2D eigenvalue weighted by molar-refractivity contribution is -0.911. The molecule has 262 valence electrons. The van der Waals surface area contributed by atoms with E-state index in [1.165, 1.54) is 30.1 Å². The fraction of sp³-hybridized carbons (Fsp3) is 0.414. The summed E-state index contributed by atoms with van der Waals surface area (Å²) in [6.07, 6.45) is 0.346. The van der Waals surface area contributed by atoms with Crippen molar-refractivity contribution >= 4 is 75.2 Å². The highest BCUT2D eigenvalue weighted by molar-refractivity contribution is 8.00. The lowest BCUT2D eigenvalue weighted by atomic mass is 10.0. The number of thioether (sulfide) groups is 1. The Balaban J connectivity index is 1.29. The first-order valence-corrected chi connectivity index (χ1v) is 17.2. The van der Waals surface area contributed by atoms with Gasteiger partial charge in [0.1, 0.15) is 23.7 Å². The fourth-order valence-electron chi connectivity index (χ4n) is 5.88. The third-order valence-corrected chi connectivity index (χ3v) is 10.8. The summed E-state index contributed by atoms with van der Waals surface area (Å²) in [4.78, 5) is 73.1. The van der Waals surface area contributed by atoms with Gasteiger partial charge in [0.05, 0.1) is 48.4 Å². The second-order valence-corrected chi connectivity index (χ2v) is 14.0. The van der Waals surface area contributed by atoms with Gasteiger partial charge >= 0.3 is 5.97 Å². The van der Waals surface area contributed by atoms with E-state index in [1.807, 2.05) is 0 Å². The quantitative estimate of drug-likeness (QED) is 0.0496. The number of carboxylic acid groups (broad SMARTS) is 2. The van der Waals surface area contributed by atoms with Crippen LogP contribution in [0.5, 0.6) is 11.5 Å². The van der Waals surface area contributed by atoms with Crippen LogP contribution in [-0.4, -0.2) is 121 Å². The summed E-state index contributed by atoms with van der Waals surface area (Å²) in [5.41, 5.74) is 5.47. The minimum absolute atomic E-state index is 0.00440. The van der Waals surface area contributed by atoms with Crippen LogP contribution in [0.4, 0.5) is 5.13 Å². The van der Waals surface area contributed by atoms with E-state index in [0.29, 0.717) is 29.7 Å². The lowest BCUT2D eigenvalue weighted by Gasteiger charge is -2.51. The predicted molar refractivity (Wildman–Crippen MR) is 174 cm³/mol. The van der Waals surface area contributed by atoms with Gasteiger partial charge in [0, 0.05) is 29.5 Å². The molecular formula is C29H32ClN7O10S2. The number of aromatic hydroxyl groups is 2. The van der Waals surface area contributed by atoms with Gasteiger partial charge < -0.3 is 50.9 Å². The Morgan fingerprint density at radius 1 is 1.27 bits per heavy atom. The molecule has 3 aliphatic rings. The van der Waals surface area contributed by atoms with Gasteiger partial charge in [-0.3, -0.25) is 19.3 Å². The maximum Gasteiger partial charge on any atom is 0.347 e. The number of nitrogens with zero attached hydrogens (tertiary/aromatic N) is 4. The van der Waals surface area contributed by atoms with Crippen LogP contribution in [0.25, 0.3) is 0 Å². The van der Waals surface area contributed by atoms with Crippen molar-refractivity contribution in [3.05, 3.63) is 45.1 Å². The number of oxime groups is 1. The summed E-state index contributed by atoms with van der Waals surface area (Å²) >= 11 is 8.29. The van der Waals surface area contributed by atoms with Crippen LogP contribution in [0, 0.1) is 0 Å². The zero-order valence-corrected chi connectivity index (χ0v) is 28.3. The van der Waals surface area contributed by atoms with E-state index < -0.39 is 64.4 Å². The van der Waals surface area contributed by atoms with Gasteiger partial charge in [-0.25, -0.2) is 9.78 Å². The van der Waals surface area contributed by atoms with E-state index in [1.54, 1.807) is 0 Å². The number of quaternary nitrogens is 1. The Hall–Kier alpha value is -4.59. The number of likely N-dealkylation sites (tertiary alicyclic amines) is 1. The van der Waals surface area contributed by atoms with Gasteiger partial charge in [0.25, 0.3) is 17.7 Å². The number of aromatic nitrogens is 1. The second-order valence-electron chi connectivity index (χ2n) is 11.6. The zero-order chi connectivity index (χ0) is 35.6. The average molecular weight is 738 g/mol. The number of phenols is 2. The summed E-state index contributed by atoms with van der Waals surface area (Å²) in [6, 6.07) is 1.30. The number of anilines is 1. The van der Waals surface area contributed by atoms with Crippen molar-refractivity contribution in [1.29, 1.82) is 0 Å². The number of carbonyl (C=O) groups is 5. The van der Waals surface area contributed by atoms with E-state index in [9.17, 15) is 39.3 Å². The van der Waals surface area contributed by atoms with Crippen molar-refractivity contribution < 1.29 is 53.7 Å². The van der Waals surface area contributed by atoms with Gasteiger partial charge in [-0.1, -0.05) is 16.8 Å². The van der Waals surface area contributed by atoms with Crippen molar-refractivity contribution in [2.45, 2.75) is 37.3 Å². The summed E-state index contributed by atoms with van der Waals surface area (Å²) in [5.74, 6) is -5.86. The first kappa shape index (κ1) is 35.7. The molecule has 4 heterocycles. The van der Waals surface area contributed by atoms with Crippen molar-refractivity contribution in [1.82, 2.24) is 20.5 Å². The molecule has 0 saturated carbocycles. The standard InChI is InChI=1S/C29H32ClN7O10S2/c1-13(27(43)44)47-35-19(16-12-49-29(31)33-16)24(41)34-20-25(42)36-21(28(45)46)14(11-48-26(20)36)10-37(7-2-3-8-37)9-6-32-23(40)15-4-5-17(38)22(39)18(15)30/h4-5,12-13,20,26H,2-3,6-11H2,1H3,(H7-,31,32,33,34,35,38,39,40,41,43,44,45,46)/t13-,20+,26+/m0/s1. The number of amides is 3. The van der Waals surface area contributed by atoms with E-state index >= 15 is 0 Å². The van der Waals surface area contributed by atoms with Crippen LogP contribution in [0.3, 0.4) is 0 Å². The molecule has 3 aliphatic heterocycles. The molecule has 2 aromatic rings. The molecular weight excluding hydrogens is 706 g/mol. The number of halogens is 1. The van der Waals surface area contributed by atoms with Gasteiger partial charge in [-0.05, 0) is 19.1 Å². The fourth-order valence-corrected chi connectivity index (χ4v) is 8.01. The summed E-state index contributed by atoms with van der Waals surface area (Å²) < 4.78 is 0.444. The third-order valence-electron chi connectivity index (χ3n) is 8.41. The molecule has 0 bridgehead atoms. The third kappa shape index (κ3) is 7.38. The predicted octanol–water partition coefficient (Wildman–Crippen LogP) is -0.572. The Bertz CT molecular complexity index is 1760. The number of nitrogens with two attached hydrogens (primary N) is 1. The SMILES string of the molecule is C[C@H](O/N=C(\C(=O)N[C@@H]1C(=O)N2C(C(=O)[O-])=C(C[N+]3(CCNC(=O)c4ccc(O)c(O)c4Cl)CCCC3)CS[C@H]12)c1csc(N)n1)C(=O)O. The van der Waals surface area contributed by atoms with Gasteiger partial charge in [-0.2, -0.15) is 0 Å². The first-order chi connectivity index (χ1) is 23.2. The van der Waals surface area contributed by atoms with Crippen LogP contribution in [0.15, 0.2) is 33.9 Å². The number of carbonyl (C=O) groups excluding carboxylic acids is 4. The highest BCUT2D eigenvalue weighted by Gasteiger charge is 2.54. The van der Waals surface area contributed by atoms with E-state index in [4.69, 9.17) is 27.3 Å². The Kier molecular flexibility index (Phi) is 10.6. The molecule has 0 unspecified atom stereocenters. The number of nitrogens with one attached hydrogen (secondary N) is 2. The minimum atomic E-state index is -1.54. The zero-order valence-electron chi connectivity index (χ0n) is 25.9. The minimum Gasteiger partial charge on any atom is -0.543 e. The van der Waals surface area contributed by atoms with E-state index in [0.717, 1.165) is 35.1 Å². The summed E-state index contributed by atoms with van der Waals surface area (Å²) in [6.45, 7) is 3.52. The number of hydrogen-bond acceptors (Lipinski definition) is 14. The number of fused-ring (bicyclic) bond motifs is 1. The molecule has 1 aromatic carbocycles. The van der Waals surface area contributed by atoms with Crippen LogP contribution in [-0.2, 0) is 24.0 Å². The van der Waals surface area contributed by atoms with Gasteiger partial charge in [-0.15, -0.1) is 23.1 Å². The Labute approximate surface area is 291 Å². The first-order valence-electron chi connectivity index (χ1n) is 14.9. The maximum absolute atomic E-state index is 13.4. The van der Waals surface area contributed by atoms with Gasteiger partial charge in [0.15, 0.2) is 22.3 Å². The molecule has 1 aromatic heterocycles. The van der Waals surface area contributed by atoms with E-state index in [2.05, 4.69) is 20.8 Å². The molecule has 0 radical (unpaired) electrons. The molecule has 0 aliphatic carbocycles. The number of thiazole rings is 1. The molecule has 20 heteroatoms. The number of benzene rings is 1. The van der Waals surface area contributed by atoms with Crippen LogP contribution < -0.4 is 21.5 Å². The lowest BCUT2D eigenvalue weighted by Crippen LogP contribution is -2.72. The highest BCUT2D eigenvalue weighted by Crippen LogP contribution is 2.41. The summed E-state index contributed by atoms with van der Waals surface area (Å²) in [7, 11) is 0. The van der Waals surface area contributed by atoms with Crippen LogP contribution >= 0.6 is 34.7 Å². The van der Waals surface area contributed by atoms with Crippen molar-refractivity contribution in [3.63, 3.8) is 0 Å². The van der Waals surface area contributed by atoms with Gasteiger partial charge in [0.2, 0.25) is 6.10 Å². The molecule has 49 heavy (non-hydrogen) atoms. The number of aliphatic carboxylic acids is 2. The number of rotatable bonds is 13. The van der Waals surface area contributed by atoms with Crippen LogP contribution in [0.1, 0.15) is 35.8 Å². The topological polar surface area (TPSA) is 257 Å². The number of nitrogen functional groups attached to an aromatic ring is 1. The normalized spacial score (nSPS) is 20.7. The smallest absolute Gasteiger partial charge is 0.347 e. The maximum atomic E-state index is 13.4. The molecule has 7 N–H and O–H groups in total. The molecule has 17 nitrogen and oxygen atoms in total. The van der Waals surface area contributed by atoms with Crippen LogP contribution in [0.2, 0.25) is 5.02 Å². The number of carboxylic acids is 2. The molecule has 2 saturated heterocycles. The summed E-state index contributed by atoms with van der Waals surface area (Å²) in [5, 5.41) is 50.5. The Morgan fingerprint density at radius 3 is 2.61 bits per heavy atom. The monoisotopic (exact) mass is 737 g/mol. The largest absolute Gasteiger partial charge is 0.543 e. The number of phenolic OH excluding ortho intramolecular Hbond substituents is 2. The second kappa shape index (κ2) is 14.5. The highest BCUT2D eigenvalue weighted by atomic mass is 35.5. The van der Waals surface area contributed by atoms with E-state index in [-0.39, 0.29) is 46.0 Å². The number of β-lactam (4-membered cyclic amide) rings is 1. The average Bonchev–Trinajstić information content (AvgIpc) is 3.71. The molecule has 3 amide bonds. The molecule has 5 rings (SSSR count). The Morgan fingerprint density at radius 2 is 1.98 bits per heavy atom. The molecule has 3 atom stereocenters. The van der Waals surface area contributed by atoms with Crippen molar-refractivity contribution in [2.75, 3.05) is 44.2 Å².